The normalized spacial score (nSPS) is 11.7. The second kappa shape index (κ2) is 5.29. The number of nitrogen functional groups attached to an aromatic ring is 2. The second-order valence-corrected chi connectivity index (χ2v) is 5.86. The first kappa shape index (κ1) is 15.2. The summed E-state index contributed by atoms with van der Waals surface area (Å²) in [6.45, 7) is 0. The molecule has 2 aromatic carbocycles. The van der Waals surface area contributed by atoms with Crippen LogP contribution in [0.3, 0.4) is 0 Å². The molecule has 0 aliphatic heterocycles. The maximum Gasteiger partial charge on any atom is 0.417 e. The van der Waals surface area contributed by atoms with Crippen molar-refractivity contribution in [2.45, 2.75) is 6.18 Å². The summed E-state index contributed by atoms with van der Waals surface area (Å²) in [6, 6.07) is 6.90. The van der Waals surface area contributed by atoms with Crippen molar-refractivity contribution in [3.05, 3.63) is 44.8 Å². The number of halogens is 5. The average molecular weight is 410 g/mol. The molecule has 0 aromatic heterocycles. The van der Waals surface area contributed by atoms with E-state index in [0.717, 1.165) is 6.07 Å². The molecular formula is C13H9Br2F3N2. The van der Waals surface area contributed by atoms with E-state index < -0.39 is 11.7 Å². The number of anilines is 2. The van der Waals surface area contributed by atoms with E-state index in [4.69, 9.17) is 11.5 Å². The molecule has 0 aliphatic carbocycles. The monoisotopic (exact) mass is 408 g/mol. The van der Waals surface area contributed by atoms with Crippen molar-refractivity contribution in [3.8, 4) is 11.1 Å². The lowest BCUT2D eigenvalue weighted by atomic mass is 9.98. The standard InChI is InChI=1S/C13H9Br2F3N2/c14-9-3-6(1-2-11(9)19)7-4-10(15)12(20)5-8(7)13(16,17)18/h1-5H,19-20H2. The van der Waals surface area contributed by atoms with Crippen LogP contribution in [0.25, 0.3) is 11.1 Å². The Kier molecular flexibility index (Phi) is 4.02. The highest BCUT2D eigenvalue weighted by Gasteiger charge is 2.34. The Labute approximate surface area is 130 Å². The van der Waals surface area contributed by atoms with Crippen molar-refractivity contribution in [3.63, 3.8) is 0 Å². The lowest BCUT2D eigenvalue weighted by Crippen LogP contribution is -2.08. The maximum atomic E-state index is 13.1. The first-order chi connectivity index (χ1) is 9.20. The fraction of sp³-hybridized carbons (Fsp3) is 0.0769. The molecule has 2 nitrogen and oxygen atoms in total. The topological polar surface area (TPSA) is 52.0 Å². The minimum absolute atomic E-state index is 0.0376. The fourth-order valence-corrected chi connectivity index (χ4v) is 2.48. The molecule has 0 atom stereocenters. The summed E-state index contributed by atoms with van der Waals surface area (Å²) in [4.78, 5) is 0. The van der Waals surface area contributed by atoms with Crippen molar-refractivity contribution in [2.24, 2.45) is 0 Å². The molecule has 0 saturated heterocycles. The van der Waals surface area contributed by atoms with Crippen LogP contribution >= 0.6 is 31.9 Å². The van der Waals surface area contributed by atoms with Crippen LogP contribution in [0, 0.1) is 0 Å². The Bertz CT molecular complexity index is 669. The molecule has 2 rings (SSSR count). The van der Waals surface area contributed by atoms with Gasteiger partial charge in [-0.15, -0.1) is 0 Å². The average Bonchev–Trinajstić information content (AvgIpc) is 2.34. The molecule has 2 aromatic rings. The van der Waals surface area contributed by atoms with Gasteiger partial charge in [0.25, 0.3) is 0 Å². The van der Waals surface area contributed by atoms with E-state index in [1.165, 1.54) is 12.1 Å². The van der Waals surface area contributed by atoms with Crippen molar-refractivity contribution < 1.29 is 13.2 Å². The Morgan fingerprint density at radius 3 is 2.00 bits per heavy atom. The largest absolute Gasteiger partial charge is 0.417 e. The molecule has 0 aliphatic rings. The predicted octanol–water partition coefficient (Wildman–Crippen LogP) is 5.06. The molecule has 20 heavy (non-hydrogen) atoms. The number of benzene rings is 2. The van der Waals surface area contributed by atoms with E-state index in [0.29, 0.717) is 20.2 Å². The first-order valence-corrected chi connectivity index (χ1v) is 7.00. The molecule has 0 bridgehead atoms. The third-order valence-corrected chi connectivity index (χ3v) is 4.13. The van der Waals surface area contributed by atoms with Gasteiger partial charge in [-0.05, 0) is 67.3 Å². The molecule has 0 amide bonds. The third-order valence-electron chi connectivity index (χ3n) is 2.75. The highest BCUT2D eigenvalue weighted by molar-refractivity contribution is 9.11. The Balaban J connectivity index is 2.72. The second-order valence-electron chi connectivity index (χ2n) is 4.15. The summed E-state index contributed by atoms with van der Waals surface area (Å²) < 4.78 is 40.3. The quantitative estimate of drug-likeness (QED) is 0.646. The zero-order chi connectivity index (χ0) is 15.1. The van der Waals surface area contributed by atoms with E-state index in [-0.39, 0.29) is 11.3 Å². The van der Waals surface area contributed by atoms with Crippen molar-refractivity contribution in [2.75, 3.05) is 11.5 Å². The van der Waals surface area contributed by atoms with Gasteiger partial charge in [0.2, 0.25) is 0 Å². The van der Waals surface area contributed by atoms with Gasteiger partial charge in [0.1, 0.15) is 0 Å². The predicted molar refractivity (Wildman–Crippen MR) is 81.1 cm³/mol. The van der Waals surface area contributed by atoms with Crippen molar-refractivity contribution in [1.82, 2.24) is 0 Å². The summed E-state index contributed by atoms with van der Waals surface area (Å²) in [6.07, 6.45) is -4.49. The Morgan fingerprint density at radius 1 is 0.850 bits per heavy atom. The molecule has 0 fully saturated rings. The minimum atomic E-state index is -4.49. The van der Waals surface area contributed by atoms with Crippen LogP contribution in [-0.2, 0) is 6.18 Å². The van der Waals surface area contributed by atoms with E-state index >= 15 is 0 Å². The van der Waals surface area contributed by atoms with Gasteiger partial charge in [-0.3, -0.25) is 0 Å². The number of alkyl halides is 3. The summed E-state index contributed by atoms with van der Waals surface area (Å²) in [5.74, 6) is 0. The molecule has 0 heterocycles. The maximum absolute atomic E-state index is 13.1. The molecule has 0 radical (unpaired) electrons. The molecular weight excluding hydrogens is 401 g/mol. The van der Waals surface area contributed by atoms with Gasteiger partial charge < -0.3 is 11.5 Å². The summed E-state index contributed by atoms with van der Waals surface area (Å²) >= 11 is 6.36. The van der Waals surface area contributed by atoms with Crippen molar-refractivity contribution >= 4 is 43.2 Å². The first-order valence-electron chi connectivity index (χ1n) is 5.41. The summed E-state index contributed by atoms with van der Waals surface area (Å²) in [7, 11) is 0. The molecule has 0 unspecified atom stereocenters. The third kappa shape index (κ3) is 2.93. The SMILES string of the molecule is Nc1ccc(-c2cc(Br)c(N)cc2C(F)(F)F)cc1Br. The van der Waals surface area contributed by atoms with Crippen LogP contribution in [0.4, 0.5) is 24.5 Å². The Hall–Kier alpha value is -1.21. The molecule has 106 valence electrons. The lowest BCUT2D eigenvalue weighted by Gasteiger charge is -2.15. The zero-order valence-electron chi connectivity index (χ0n) is 9.93. The van der Waals surface area contributed by atoms with Crippen LogP contribution in [0.15, 0.2) is 39.3 Å². The van der Waals surface area contributed by atoms with E-state index in [1.807, 2.05) is 0 Å². The van der Waals surface area contributed by atoms with Crippen LogP contribution in [0.1, 0.15) is 5.56 Å². The van der Waals surface area contributed by atoms with Gasteiger partial charge in [0.15, 0.2) is 0 Å². The van der Waals surface area contributed by atoms with Gasteiger partial charge in [-0.1, -0.05) is 6.07 Å². The summed E-state index contributed by atoms with van der Waals surface area (Å²) in [5.41, 5.74) is 11.3. The highest BCUT2D eigenvalue weighted by Crippen LogP contribution is 2.41. The molecule has 4 N–H and O–H groups in total. The smallest absolute Gasteiger partial charge is 0.398 e. The van der Waals surface area contributed by atoms with Crippen LogP contribution < -0.4 is 11.5 Å². The minimum Gasteiger partial charge on any atom is -0.398 e. The molecule has 0 spiro atoms. The van der Waals surface area contributed by atoms with Crippen LogP contribution in [0.5, 0.6) is 0 Å². The highest BCUT2D eigenvalue weighted by atomic mass is 79.9. The summed E-state index contributed by atoms with van der Waals surface area (Å²) in [5, 5.41) is 0. The van der Waals surface area contributed by atoms with Gasteiger partial charge in [0.05, 0.1) is 5.56 Å². The van der Waals surface area contributed by atoms with Crippen molar-refractivity contribution in [1.29, 1.82) is 0 Å². The molecule has 7 heteroatoms. The molecule has 0 saturated carbocycles. The Morgan fingerprint density at radius 2 is 1.45 bits per heavy atom. The number of hydrogen-bond donors (Lipinski definition) is 2. The van der Waals surface area contributed by atoms with E-state index in [2.05, 4.69) is 31.9 Å². The number of rotatable bonds is 1. The van der Waals surface area contributed by atoms with Crippen LogP contribution in [0.2, 0.25) is 0 Å². The van der Waals surface area contributed by atoms with E-state index in [9.17, 15) is 13.2 Å². The number of hydrogen-bond acceptors (Lipinski definition) is 2. The van der Waals surface area contributed by atoms with E-state index in [1.54, 1.807) is 12.1 Å². The van der Waals surface area contributed by atoms with Gasteiger partial charge in [0, 0.05) is 20.3 Å². The zero-order valence-corrected chi connectivity index (χ0v) is 13.1. The van der Waals surface area contributed by atoms with Gasteiger partial charge >= 0.3 is 6.18 Å². The number of nitrogens with two attached hydrogens (primary N) is 2. The fourth-order valence-electron chi connectivity index (χ4n) is 1.76. The lowest BCUT2D eigenvalue weighted by molar-refractivity contribution is -0.137. The van der Waals surface area contributed by atoms with Gasteiger partial charge in [-0.25, -0.2) is 0 Å². The van der Waals surface area contributed by atoms with Gasteiger partial charge in [-0.2, -0.15) is 13.2 Å². The van der Waals surface area contributed by atoms with Crippen LogP contribution in [-0.4, -0.2) is 0 Å².